The molecule has 14 heavy (non-hydrogen) atoms. The van der Waals surface area contributed by atoms with Crippen molar-refractivity contribution in [1.82, 2.24) is 9.55 Å². The molecule has 80 valence electrons. The van der Waals surface area contributed by atoms with Gasteiger partial charge in [0, 0.05) is 37.9 Å². The Bertz CT molecular complexity index is 279. The minimum atomic E-state index is -0.175. The van der Waals surface area contributed by atoms with E-state index >= 15 is 0 Å². The van der Waals surface area contributed by atoms with Gasteiger partial charge in [0.05, 0.1) is 0 Å². The Hall–Kier alpha value is -0.870. The van der Waals surface area contributed by atoms with Crippen LogP contribution in [0.25, 0.3) is 0 Å². The number of aryl methyl sites for hydroxylation is 2. The molecule has 3 N–H and O–H groups in total. The lowest BCUT2D eigenvalue weighted by molar-refractivity contribution is 0.139. The fraction of sp³-hybridized carbons (Fsp3) is 0.700. The molecule has 0 radical (unpaired) electrons. The predicted molar refractivity (Wildman–Crippen MR) is 55.8 cm³/mol. The van der Waals surface area contributed by atoms with Crippen molar-refractivity contribution in [2.45, 2.75) is 19.8 Å². The van der Waals surface area contributed by atoms with Crippen LogP contribution >= 0.6 is 0 Å². The summed E-state index contributed by atoms with van der Waals surface area (Å²) < 4.78 is 1.99. The van der Waals surface area contributed by atoms with E-state index in [9.17, 15) is 5.11 Å². The molecular formula is C10H19N3O. The molecule has 0 amide bonds. The number of hydrogen-bond acceptors (Lipinski definition) is 3. The SMILES string of the molecule is Cn1ccnc1CCC(C)(CN)CO. The van der Waals surface area contributed by atoms with Gasteiger partial charge >= 0.3 is 0 Å². The van der Waals surface area contributed by atoms with Crippen LogP contribution < -0.4 is 5.73 Å². The number of aliphatic hydroxyl groups is 1. The van der Waals surface area contributed by atoms with E-state index in [-0.39, 0.29) is 12.0 Å². The van der Waals surface area contributed by atoms with Crippen LogP contribution in [0.2, 0.25) is 0 Å². The Balaban J connectivity index is 2.52. The summed E-state index contributed by atoms with van der Waals surface area (Å²) in [6.07, 6.45) is 5.44. The Morgan fingerprint density at radius 1 is 1.64 bits per heavy atom. The summed E-state index contributed by atoms with van der Waals surface area (Å²) in [4.78, 5) is 4.23. The molecule has 4 heteroatoms. The maximum Gasteiger partial charge on any atom is 0.108 e. The first-order valence-electron chi connectivity index (χ1n) is 4.88. The number of aliphatic hydroxyl groups excluding tert-OH is 1. The second-order valence-corrected chi connectivity index (χ2v) is 4.13. The zero-order valence-electron chi connectivity index (χ0n) is 8.90. The van der Waals surface area contributed by atoms with E-state index < -0.39 is 0 Å². The summed E-state index contributed by atoms with van der Waals surface area (Å²) >= 11 is 0. The molecule has 1 heterocycles. The van der Waals surface area contributed by atoms with Gasteiger partial charge in [-0.15, -0.1) is 0 Å². The molecule has 0 aliphatic heterocycles. The number of hydrogen-bond donors (Lipinski definition) is 2. The van der Waals surface area contributed by atoms with E-state index in [0.29, 0.717) is 6.54 Å². The minimum Gasteiger partial charge on any atom is -0.396 e. The first-order chi connectivity index (χ1) is 6.61. The molecule has 0 bridgehead atoms. The molecule has 0 saturated heterocycles. The van der Waals surface area contributed by atoms with Crippen LogP contribution in [0.5, 0.6) is 0 Å². The van der Waals surface area contributed by atoms with Crippen molar-refractivity contribution in [3.8, 4) is 0 Å². The molecule has 1 aromatic heterocycles. The maximum atomic E-state index is 9.18. The Morgan fingerprint density at radius 3 is 2.79 bits per heavy atom. The zero-order valence-corrected chi connectivity index (χ0v) is 8.90. The van der Waals surface area contributed by atoms with E-state index in [0.717, 1.165) is 18.7 Å². The topological polar surface area (TPSA) is 64.1 Å². The highest BCUT2D eigenvalue weighted by molar-refractivity contribution is 4.93. The summed E-state index contributed by atoms with van der Waals surface area (Å²) in [5.74, 6) is 1.04. The highest BCUT2D eigenvalue weighted by Crippen LogP contribution is 2.20. The second-order valence-electron chi connectivity index (χ2n) is 4.13. The van der Waals surface area contributed by atoms with Crippen molar-refractivity contribution in [1.29, 1.82) is 0 Å². The molecule has 1 rings (SSSR count). The van der Waals surface area contributed by atoms with Gasteiger partial charge in [0.25, 0.3) is 0 Å². The molecule has 0 fully saturated rings. The molecular weight excluding hydrogens is 178 g/mol. The van der Waals surface area contributed by atoms with Crippen molar-refractivity contribution >= 4 is 0 Å². The van der Waals surface area contributed by atoms with Crippen molar-refractivity contribution in [3.05, 3.63) is 18.2 Å². The molecule has 1 atom stereocenters. The number of imidazole rings is 1. The van der Waals surface area contributed by atoms with E-state index in [1.807, 2.05) is 24.7 Å². The molecule has 1 unspecified atom stereocenters. The van der Waals surface area contributed by atoms with Crippen LogP contribution in [-0.4, -0.2) is 27.8 Å². The third kappa shape index (κ3) is 2.56. The summed E-state index contributed by atoms with van der Waals surface area (Å²) in [5.41, 5.74) is 5.43. The fourth-order valence-electron chi connectivity index (χ4n) is 1.30. The molecule has 0 aliphatic carbocycles. The Morgan fingerprint density at radius 2 is 2.36 bits per heavy atom. The number of nitrogens with two attached hydrogens (primary N) is 1. The van der Waals surface area contributed by atoms with Crippen LogP contribution in [0.1, 0.15) is 19.2 Å². The third-order valence-corrected chi connectivity index (χ3v) is 2.75. The molecule has 0 spiro atoms. The fourth-order valence-corrected chi connectivity index (χ4v) is 1.30. The lowest BCUT2D eigenvalue weighted by Crippen LogP contribution is -2.31. The Labute approximate surface area is 84.8 Å². The quantitative estimate of drug-likeness (QED) is 0.714. The van der Waals surface area contributed by atoms with Crippen LogP contribution in [0, 0.1) is 5.41 Å². The van der Waals surface area contributed by atoms with Crippen molar-refractivity contribution in [2.24, 2.45) is 18.2 Å². The smallest absolute Gasteiger partial charge is 0.108 e. The van der Waals surface area contributed by atoms with Gasteiger partial charge < -0.3 is 15.4 Å². The monoisotopic (exact) mass is 197 g/mol. The lowest BCUT2D eigenvalue weighted by Gasteiger charge is -2.24. The zero-order chi connectivity index (χ0) is 10.6. The normalized spacial score (nSPS) is 15.4. The number of nitrogens with zero attached hydrogens (tertiary/aromatic N) is 2. The number of rotatable bonds is 5. The molecule has 1 aromatic rings. The highest BCUT2D eigenvalue weighted by Gasteiger charge is 2.21. The summed E-state index contributed by atoms with van der Waals surface area (Å²) in [5, 5.41) is 9.18. The minimum absolute atomic E-state index is 0.133. The van der Waals surface area contributed by atoms with Crippen molar-refractivity contribution in [2.75, 3.05) is 13.2 Å². The first kappa shape index (κ1) is 11.2. The molecule has 0 saturated carbocycles. The Kier molecular flexibility index (Phi) is 3.66. The maximum absolute atomic E-state index is 9.18. The van der Waals surface area contributed by atoms with Gasteiger partial charge in [0.15, 0.2) is 0 Å². The van der Waals surface area contributed by atoms with Gasteiger partial charge in [-0.2, -0.15) is 0 Å². The third-order valence-electron chi connectivity index (χ3n) is 2.75. The molecule has 0 aromatic carbocycles. The standard InChI is InChI=1S/C10H19N3O/c1-10(7-11,8-14)4-3-9-12-5-6-13(9)2/h5-6,14H,3-4,7-8,11H2,1-2H3. The summed E-state index contributed by atoms with van der Waals surface area (Å²) in [7, 11) is 1.97. The van der Waals surface area contributed by atoms with Crippen molar-refractivity contribution in [3.63, 3.8) is 0 Å². The van der Waals surface area contributed by atoms with Gasteiger partial charge in [-0.3, -0.25) is 0 Å². The van der Waals surface area contributed by atoms with Gasteiger partial charge in [-0.25, -0.2) is 4.98 Å². The van der Waals surface area contributed by atoms with Gasteiger partial charge in [0.2, 0.25) is 0 Å². The van der Waals surface area contributed by atoms with E-state index in [2.05, 4.69) is 4.98 Å². The molecule has 0 aliphatic rings. The summed E-state index contributed by atoms with van der Waals surface area (Å²) in [6, 6.07) is 0. The number of aromatic nitrogens is 2. The largest absolute Gasteiger partial charge is 0.396 e. The summed E-state index contributed by atoms with van der Waals surface area (Å²) in [6.45, 7) is 2.64. The predicted octanol–water partition coefficient (Wildman–Crippen LogP) is 0.310. The van der Waals surface area contributed by atoms with Crippen LogP contribution in [0.4, 0.5) is 0 Å². The van der Waals surface area contributed by atoms with Gasteiger partial charge in [-0.1, -0.05) is 6.92 Å². The lowest BCUT2D eigenvalue weighted by atomic mass is 9.86. The average molecular weight is 197 g/mol. The van der Waals surface area contributed by atoms with E-state index in [4.69, 9.17) is 5.73 Å². The van der Waals surface area contributed by atoms with Gasteiger partial charge in [0.1, 0.15) is 5.82 Å². The van der Waals surface area contributed by atoms with Crippen LogP contribution in [-0.2, 0) is 13.5 Å². The highest BCUT2D eigenvalue weighted by atomic mass is 16.3. The van der Waals surface area contributed by atoms with Crippen molar-refractivity contribution < 1.29 is 5.11 Å². The van der Waals surface area contributed by atoms with E-state index in [1.54, 1.807) is 6.20 Å². The first-order valence-corrected chi connectivity index (χ1v) is 4.88. The molecule has 4 nitrogen and oxygen atoms in total. The van der Waals surface area contributed by atoms with E-state index in [1.165, 1.54) is 0 Å². The van der Waals surface area contributed by atoms with Crippen LogP contribution in [0.15, 0.2) is 12.4 Å². The van der Waals surface area contributed by atoms with Crippen LogP contribution in [0.3, 0.4) is 0 Å². The van der Waals surface area contributed by atoms with Gasteiger partial charge in [-0.05, 0) is 13.0 Å². The second kappa shape index (κ2) is 4.57. The average Bonchev–Trinajstić information content (AvgIpc) is 2.61.